The Hall–Kier alpha value is -4.68. The lowest BCUT2D eigenvalue weighted by molar-refractivity contribution is 0.926. The summed E-state index contributed by atoms with van der Waals surface area (Å²) in [5.74, 6) is 0. The third-order valence-corrected chi connectivity index (χ3v) is 9.84. The van der Waals surface area contributed by atoms with Gasteiger partial charge in [0.2, 0.25) is 0 Å². The quantitative estimate of drug-likeness (QED) is 0.106. The van der Waals surface area contributed by atoms with Crippen molar-refractivity contribution in [1.82, 2.24) is 0 Å². The molecule has 0 atom stereocenters. The highest BCUT2D eigenvalue weighted by Gasteiger charge is 2.03. The SMILES string of the molecule is Cc1ccc(CCc2ccc(CCc3ccc(CCc4ccc(CCc5ccc(CCc6ccc(C)cc6)cc5)cc4)cc3)cc2)cc1. The number of hydrogen-bond donors (Lipinski definition) is 0. The summed E-state index contributed by atoms with van der Waals surface area (Å²) in [5, 5.41) is 0. The van der Waals surface area contributed by atoms with E-state index in [0.717, 1.165) is 64.2 Å². The molecule has 0 nitrogen and oxygen atoms in total. The van der Waals surface area contributed by atoms with Crippen molar-refractivity contribution in [2.45, 2.75) is 78.1 Å². The van der Waals surface area contributed by atoms with Crippen LogP contribution in [0.5, 0.6) is 0 Å². The molecule has 6 rings (SSSR count). The minimum atomic E-state index is 1.08. The standard InChI is InChI=1S/C48H50/c1-37-3-7-39(8-4-37)11-13-41-15-19-43(20-16-41)23-25-45-27-31-47(32-28-45)35-36-48-33-29-46(30-34-48)26-24-44-21-17-42(18-22-44)14-12-40-9-5-38(2)6-10-40/h3-10,15-22,27-34H,11-14,23-26,35-36H2,1-2H3. The van der Waals surface area contributed by atoms with E-state index in [1.807, 2.05) is 0 Å². The van der Waals surface area contributed by atoms with Crippen LogP contribution in [0, 0.1) is 13.8 Å². The van der Waals surface area contributed by atoms with Gasteiger partial charge >= 0.3 is 0 Å². The summed E-state index contributed by atoms with van der Waals surface area (Å²) in [6, 6.07) is 55.0. The fourth-order valence-corrected chi connectivity index (χ4v) is 6.44. The van der Waals surface area contributed by atoms with E-state index in [4.69, 9.17) is 0 Å². The number of aryl methyl sites for hydroxylation is 12. The van der Waals surface area contributed by atoms with Gasteiger partial charge in [-0.15, -0.1) is 0 Å². The van der Waals surface area contributed by atoms with Gasteiger partial charge in [-0.25, -0.2) is 0 Å². The molecule has 0 unspecified atom stereocenters. The van der Waals surface area contributed by atoms with E-state index in [-0.39, 0.29) is 0 Å². The molecule has 0 amide bonds. The van der Waals surface area contributed by atoms with E-state index in [1.165, 1.54) is 66.8 Å². The van der Waals surface area contributed by atoms with Crippen LogP contribution in [0.4, 0.5) is 0 Å². The van der Waals surface area contributed by atoms with Crippen LogP contribution >= 0.6 is 0 Å². The summed E-state index contributed by atoms with van der Waals surface area (Å²) in [6.45, 7) is 4.29. The molecule has 0 heteroatoms. The highest BCUT2D eigenvalue weighted by atomic mass is 14.1. The van der Waals surface area contributed by atoms with Gasteiger partial charge in [0.25, 0.3) is 0 Å². The maximum absolute atomic E-state index is 2.33. The minimum Gasteiger partial charge on any atom is -0.0591 e. The van der Waals surface area contributed by atoms with Crippen molar-refractivity contribution in [3.8, 4) is 0 Å². The molecule has 0 aliphatic rings. The first kappa shape index (κ1) is 33.2. The summed E-state index contributed by atoms with van der Waals surface area (Å²) in [6.07, 6.45) is 10.9. The molecule has 0 saturated carbocycles. The third-order valence-electron chi connectivity index (χ3n) is 9.84. The van der Waals surface area contributed by atoms with Gasteiger partial charge in [0.15, 0.2) is 0 Å². The van der Waals surface area contributed by atoms with Crippen LogP contribution in [0.1, 0.15) is 66.8 Å². The molecule has 242 valence electrons. The number of hydrogen-bond acceptors (Lipinski definition) is 0. The average molecular weight is 627 g/mol. The first-order valence-electron chi connectivity index (χ1n) is 18.0. The van der Waals surface area contributed by atoms with Crippen LogP contribution in [0.3, 0.4) is 0 Å². The van der Waals surface area contributed by atoms with Gasteiger partial charge in [-0.05, 0) is 134 Å². The van der Waals surface area contributed by atoms with Gasteiger partial charge in [-0.3, -0.25) is 0 Å². The molecule has 0 radical (unpaired) electrons. The number of benzene rings is 6. The van der Waals surface area contributed by atoms with E-state index in [0.29, 0.717) is 0 Å². The van der Waals surface area contributed by atoms with Crippen molar-refractivity contribution in [2.24, 2.45) is 0 Å². The molecular formula is C48H50. The Labute approximate surface area is 289 Å². The van der Waals surface area contributed by atoms with Gasteiger partial charge < -0.3 is 0 Å². The summed E-state index contributed by atoms with van der Waals surface area (Å²) >= 11 is 0. The molecule has 48 heavy (non-hydrogen) atoms. The third kappa shape index (κ3) is 10.4. The van der Waals surface area contributed by atoms with E-state index in [1.54, 1.807) is 0 Å². The first-order valence-corrected chi connectivity index (χ1v) is 18.0. The van der Waals surface area contributed by atoms with Crippen LogP contribution in [0.25, 0.3) is 0 Å². The molecule has 0 aromatic heterocycles. The molecule has 0 N–H and O–H groups in total. The molecule has 0 aliphatic carbocycles. The van der Waals surface area contributed by atoms with Crippen molar-refractivity contribution in [1.29, 1.82) is 0 Å². The lowest BCUT2D eigenvalue weighted by Gasteiger charge is -2.08. The van der Waals surface area contributed by atoms with Gasteiger partial charge in [-0.2, -0.15) is 0 Å². The highest BCUT2D eigenvalue weighted by molar-refractivity contribution is 5.31. The predicted octanol–water partition coefficient (Wildman–Crippen LogP) is 11.2. The number of rotatable bonds is 15. The second-order valence-corrected chi connectivity index (χ2v) is 13.7. The predicted molar refractivity (Wildman–Crippen MR) is 205 cm³/mol. The Balaban J connectivity index is 0.883. The lowest BCUT2D eigenvalue weighted by Crippen LogP contribution is -1.96. The van der Waals surface area contributed by atoms with Crippen LogP contribution in [-0.2, 0) is 64.2 Å². The highest BCUT2D eigenvalue weighted by Crippen LogP contribution is 2.16. The fraction of sp³-hybridized carbons (Fsp3) is 0.250. The van der Waals surface area contributed by atoms with Crippen molar-refractivity contribution in [3.05, 3.63) is 212 Å². The summed E-state index contributed by atoms with van der Waals surface area (Å²) in [4.78, 5) is 0. The van der Waals surface area contributed by atoms with E-state index in [9.17, 15) is 0 Å². The lowest BCUT2D eigenvalue weighted by atomic mass is 9.98. The van der Waals surface area contributed by atoms with E-state index in [2.05, 4.69) is 159 Å². The molecular weight excluding hydrogens is 577 g/mol. The van der Waals surface area contributed by atoms with Gasteiger partial charge in [0.05, 0.1) is 0 Å². The molecule has 0 bridgehead atoms. The largest absolute Gasteiger partial charge is 0.0591 e. The summed E-state index contributed by atoms with van der Waals surface area (Å²) in [5.41, 5.74) is 16.8. The van der Waals surface area contributed by atoms with E-state index >= 15 is 0 Å². The Morgan fingerprint density at radius 2 is 0.292 bits per heavy atom. The van der Waals surface area contributed by atoms with Crippen LogP contribution in [0.15, 0.2) is 146 Å². The molecule has 0 aliphatic heterocycles. The van der Waals surface area contributed by atoms with Crippen molar-refractivity contribution in [3.63, 3.8) is 0 Å². The molecule has 0 spiro atoms. The molecule has 0 fully saturated rings. The Morgan fingerprint density at radius 1 is 0.188 bits per heavy atom. The fourth-order valence-electron chi connectivity index (χ4n) is 6.44. The molecule has 0 heterocycles. The zero-order valence-corrected chi connectivity index (χ0v) is 28.9. The van der Waals surface area contributed by atoms with Crippen molar-refractivity contribution < 1.29 is 0 Å². The van der Waals surface area contributed by atoms with Crippen LogP contribution < -0.4 is 0 Å². The second-order valence-electron chi connectivity index (χ2n) is 13.7. The van der Waals surface area contributed by atoms with Crippen LogP contribution in [0.2, 0.25) is 0 Å². The monoisotopic (exact) mass is 626 g/mol. The first-order chi connectivity index (χ1) is 23.5. The zero-order chi connectivity index (χ0) is 33.0. The smallest absolute Gasteiger partial charge is 0.0238 e. The van der Waals surface area contributed by atoms with Crippen molar-refractivity contribution >= 4 is 0 Å². The van der Waals surface area contributed by atoms with Gasteiger partial charge in [0, 0.05) is 0 Å². The van der Waals surface area contributed by atoms with E-state index < -0.39 is 0 Å². The van der Waals surface area contributed by atoms with Crippen molar-refractivity contribution in [2.75, 3.05) is 0 Å². The minimum absolute atomic E-state index is 1.08. The molecule has 6 aromatic carbocycles. The maximum Gasteiger partial charge on any atom is -0.0238 e. The van der Waals surface area contributed by atoms with Gasteiger partial charge in [0.1, 0.15) is 0 Å². The second kappa shape index (κ2) is 16.9. The average Bonchev–Trinajstić information content (AvgIpc) is 3.13. The Morgan fingerprint density at radius 3 is 0.417 bits per heavy atom. The normalized spacial score (nSPS) is 11.1. The Bertz CT molecular complexity index is 1660. The topological polar surface area (TPSA) is 0 Å². The Kier molecular flexibility index (Phi) is 11.7. The van der Waals surface area contributed by atoms with Crippen LogP contribution in [-0.4, -0.2) is 0 Å². The summed E-state index contributed by atoms with van der Waals surface area (Å²) < 4.78 is 0. The molecule has 6 aromatic rings. The maximum atomic E-state index is 2.33. The van der Waals surface area contributed by atoms with Gasteiger partial charge in [-0.1, -0.05) is 157 Å². The molecule has 0 saturated heterocycles. The zero-order valence-electron chi connectivity index (χ0n) is 28.9. The summed E-state index contributed by atoms with van der Waals surface area (Å²) in [7, 11) is 0.